The molecule has 0 radical (unpaired) electrons. The van der Waals surface area contributed by atoms with Gasteiger partial charge in [-0.1, -0.05) is 30.3 Å². The summed E-state index contributed by atoms with van der Waals surface area (Å²) in [4.78, 5) is 74.7. The molecule has 4 amide bonds. The highest BCUT2D eigenvalue weighted by Crippen LogP contribution is 2.39. The first-order valence-electron chi connectivity index (χ1n) is 20.5. The maximum Gasteiger partial charge on any atom is 0.321 e. The molecule has 15 nitrogen and oxygen atoms in total. The number of morpholine rings is 1. The van der Waals surface area contributed by atoms with E-state index in [1.54, 1.807) is 11.1 Å². The molecule has 2 aromatic carbocycles. The lowest BCUT2D eigenvalue weighted by atomic mass is 9.88. The zero-order valence-corrected chi connectivity index (χ0v) is 34.3. The Morgan fingerprint density at radius 1 is 1.07 bits per heavy atom. The molecule has 1 aromatic heterocycles. The number of ether oxygens (including phenoxy) is 2. The molecular weight excluding hydrogens is 820 g/mol. The van der Waals surface area contributed by atoms with Gasteiger partial charge in [-0.05, 0) is 42.5 Å². The zero-order chi connectivity index (χ0) is 43.2. The number of nitrogens with one attached hydrogen (secondary N) is 1. The Morgan fingerprint density at radius 3 is 2.56 bits per heavy atom. The highest BCUT2D eigenvalue weighted by atomic mass is 32.2. The quantitative estimate of drug-likeness (QED) is 0.179. The van der Waals surface area contributed by atoms with Crippen molar-refractivity contribution in [2.24, 2.45) is 17.6 Å². The van der Waals surface area contributed by atoms with E-state index < -0.39 is 76.8 Å². The number of halogens is 3. The number of nitrogens with two attached hydrogens (primary N) is 1. The van der Waals surface area contributed by atoms with Crippen LogP contribution in [0.1, 0.15) is 43.1 Å². The third kappa shape index (κ3) is 10.5. The number of hydrogen-bond acceptors (Lipinski definition) is 11. The molecule has 328 valence electrons. The lowest BCUT2D eigenvalue weighted by Gasteiger charge is -2.42. The van der Waals surface area contributed by atoms with Crippen molar-refractivity contribution in [1.29, 1.82) is 0 Å². The number of rotatable bonds is 16. The van der Waals surface area contributed by atoms with Crippen molar-refractivity contribution in [1.82, 2.24) is 29.6 Å². The van der Waals surface area contributed by atoms with E-state index in [4.69, 9.17) is 25.3 Å². The molecule has 1 unspecified atom stereocenters. The summed E-state index contributed by atoms with van der Waals surface area (Å²) in [6.07, 6.45) is -0.0990. The van der Waals surface area contributed by atoms with Gasteiger partial charge in [0.05, 0.1) is 30.1 Å². The number of likely N-dealkylation sites (tertiary alicyclic amines) is 1. The topological polar surface area (TPSA) is 190 Å². The fraction of sp³-hybridized carbons (Fsp3) is 0.524. The highest BCUT2D eigenvalue weighted by molar-refractivity contribution is 8.00. The number of hydrogen-bond donors (Lipinski definition) is 3. The first kappa shape index (κ1) is 44.2. The fourth-order valence-electron chi connectivity index (χ4n) is 8.39. The van der Waals surface area contributed by atoms with E-state index in [0.717, 1.165) is 40.4 Å². The second kappa shape index (κ2) is 19.9. The summed E-state index contributed by atoms with van der Waals surface area (Å²) in [5.41, 5.74) is 6.56. The van der Waals surface area contributed by atoms with Gasteiger partial charge in [-0.3, -0.25) is 28.9 Å². The second-order valence-corrected chi connectivity index (χ2v) is 17.1. The average Bonchev–Trinajstić information content (AvgIpc) is 3.95. The maximum absolute atomic E-state index is 15.5. The van der Waals surface area contributed by atoms with Crippen LogP contribution in [0.25, 0.3) is 11.3 Å². The lowest BCUT2D eigenvalue weighted by molar-refractivity contribution is -0.159. The van der Waals surface area contributed by atoms with E-state index in [0.29, 0.717) is 38.4 Å². The van der Waals surface area contributed by atoms with Crippen LogP contribution in [0.4, 0.5) is 13.2 Å². The van der Waals surface area contributed by atoms with Crippen molar-refractivity contribution in [3.05, 3.63) is 77.8 Å². The van der Waals surface area contributed by atoms with Crippen LogP contribution in [-0.2, 0) is 40.0 Å². The Hall–Kier alpha value is -4.82. The molecule has 7 rings (SSSR count). The lowest BCUT2D eigenvalue weighted by Crippen LogP contribution is -2.55. The van der Waals surface area contributed by atoms with Crippen molar-refractivity contribution >= 4 is 41.4 Å². The van der Waals surface area contributed by atoms with Crippen LogP contribution in [0, 0.1) is 23.5 Å². The van der Waals surface area contributed by atoms with Crippen LogP contribution in [-0.4, -0.2) is 147 Å². The van der Waals surface area contributed by atoms with Gasteiger partial charge in [0.25, 0.3) is 5.91 Å². The summed E-state index contributed by atoms with van der Waals surface area (Å²) in [5, 5.41) is 11.4. The molecule has 4 N–H and O–H groups in total. The molecule has 5 heterocycles. The normalized spacial score (nSPS) is 23.3. The number of carboxylic acids is 1. The Bertz CT molecular complexity index is 2070. The number of alkyl halides is 1. The molecule has 61 heavy (non-hydrogen) atoms. The third-order valence-electron chi connectivity index (χ3n) is 11.7. The number of carbonyl (C=O) groups is 5. The number of thioether (sulfide) groups is 1. The molecule has 3 aromatic rings. The van der Waals surface area contributed by atoms with Crippen LogP contribution < -0.4 is 11.1 Å². The van der Waals surface area contributed by atoms with Crippen molar-refractivity contribution in [2.75, 3.05) is 64.8 Å². The fourth-order valence-corrected chi connectivity index (χ4v) is 9.50. The first-order chi connectivity index (χ1) is 29.4. The summed E-state index contributed by atoms with van der Waals surface area (Å²) in [7, 11) is 0. The van der Waals surface area contributed by atoms with Crippen LogP contribution in [0.3, 0.4) is 0 Å². The van der Waals surface area contributed by atoms with Gasteiger partial charge in [0.15, 0.2) is 6.10 Å². The van der Waals surface area contributed by atoms with Crippen LogP contribution >= 0.6 is 11.8 Å². The van der Waals surface area contributed by atoms with Gasteiger partial charge in [-0.2, -0.15) is 0 Å². The number of imide groups is 1. The van der Waals surface area contributed by atoms with E-state index in [1.807, 2.05) is 34.9 Å². The predicted molar refractivity (Wildman–Crippen MR) is 217 cm³/mol. The number of carbonyl (C=O) groups excluding carboxylic acids is 4. The van der Waals surface area contributed by atoms with Crippen molar-refractivity contribution in [2.45, 2.75) is 61.8 Å². The predicted octanol–water partition coefficient (Wildman–Crippen LogP) is 2.62. The maximum atomic E-state index is 15.5. The standard InChI is InChI=1S/C42H50F3N7O8S/c43-28-6-7-30(44)29(16-28)33-22-50(20-25-4-2-1-3-5-25)39(48-33)38(26-9-13-59-14-10-26)52(21-27-18-47-19-31(27)45)40(55)34-23-49(12-15-60-34)36(53)8-11-51-37(54)17-35(41(51)56)61-24-32(46)42(57)58/h1-7,16,22,26-27,31-32,34-35,38,47H,8-15,17-21,23-24,46H2,(H,57,58)/t27-,31-,32-,34-,35?,38+/m0/s1. The molecule has 0 spiro atoms. The Balaban J connectivity index is 1.16. The molecule has 0 bridgehead atoms. The summed E-state index contributed by atoms with van der Waals surface area (Å²) < 4.78 is 59.1. The molecule has 0 aliphatic carbocycles. The van der Waals surface area contributed by atoms with Crippen molar-refractivity contribution < 1.29 is 51.7 Å². The Morgan fingerprint density at radius 2 is 1.84 bits per heavy atom. The minimum atomic E-state index is -1.26. The number of imidazole rings is 1. The molecule has 0 saturated carbocycles. The van der Waals surface area contributed by atoms with Gasteiger partial charge in [-0.15, -0.1) is 11.8 Å². The number of aromatic nitrogens is 2. The zero-order valence-electron chi connectivity index (χ0n) is 33.5. The third-order valence-corrected chi connectivity index (χ3v) is 13.1. The minimum absolute atomic E-state index is 0.00436. The Kier molecular flexibility index (Phi) is 14.4. The second-order valence-electron chi connectivity index (χ2n) is 15.8. The monoisotopic (exact) mass is 869 g/mol. The molecule has 19 heteroatoms. The van der Waals surface area contributed by atoms with Gasteiger partial charge >= 0.3 is 5.97 Å². The van der Waals surface area contributed by atoms with Crippen molar-refractivity contribution in [3.8, 4) is 11.3 Å². The minimum Gasteiger partial charge on any atom is -0.480 e. The van der Waals surface area contributed by atoms with Crippen molar-refractivity contribution in [3.63, 3.8) is 0 Å². The SMILES string of the molecule is N[C@@H](CSC1CC(=O)N(CCC(=O)N2CCO[C@H](C(=O)N(C[C@@H]3CNC[C@@H]3F)[C@@H](c3nc(-c4cc(F)ccc4F)cn3Cc3ccccc3)C3CCOCC3)C2)C1=O)C(=O)O. The summed E-state index contributed by atoms with van der Waals surface area (Å²) >= 11 is 0.985. The summed E-state index contributed by atoms with van der Waals surface area (Å²) in [5.74, 6) is -4.97. The summed E-state index contributed by atoms with van der Waals surface area (Å²) in [6, 6.07) is 10.6. The molecule has 4 fully saturated rings. The molecule has 6 atom stereocenters. The smallest absolute Gasteiger partial charge is 0.321 e. The largest absolute Gasteiger partial charge is 0.480 e. The van der Waals surface area contributed by atoms with E-state index in [2.05, 4.69) is 5.32 Å². The average molecular weight is 870 g/mol. The van der Waals surface area contributed by atoms with E-state index in [-0.39, 0.29) is 81.6 Å². The van der Waals surface area contributed by atoms with Crippen LogP contribution in [0.2, 0.25) is 0 Å². The highest BCUT2D eigenvalue weighted by Gasteiger charge is 2.44. The van der Waals surface area contributed by atoms with Crippen LogP contribution in [0.5, 0.6) is 0 Å². The summed E-state index contributed by atoms with van der Waals surface area (Å²) in [6.45, 7) is 1.25. The number of aliphatic carboxylic acids is 1. The van der Waals surface area contributed by atoms with Gasteiger partial charge in [0, 0.05) is 88.8 Å². The van der Waals surface area contributed by atoms with Gasteiger partial charge in [0.1, 0.15) is 29.7 Å². The van der Waals surface area contributed by atoms with E-state index in [9.17, 15) is 23.6 Å². The van der Waals surface area contributed by atoms with Gasteiger partial charge in [-0.25, -0.2) is 18.2 Å². The number of benzene rings is 2. The van der Waals surface area contributed by atoms with E-state index >= 15 is 13.6 Å². The van der Waals surface area contributed by atoms with Crippen LogP contribution in [0.15, 0.2) is 54.7 Å². The molecule has 4 saturated heterocycles. The molecule has 4 aliphatic heterocycles. The molecule has 4 aliphatic rings. The first-order valence-corrected chi connectivity index (χ1v) is 21.6. The number of nitrogens with zero attached hydrogens (tertiary/aromatic N) is 5. The van der Waals surface area contributed by atoms with Gasteiger partial charge in [0.2, 0.25) is 17.7 Å². The Labute approximate surface area is 355 Å². The van der Waals surface area contributed by atoms with Gasteiger partial charge < -0.3 is 40.0 Å². The molecular formula is C42H50F3N7O8S. The number of amides is 4. The van der Waals surface area contributed by atoms with E-state index in [1.165, 1.54) is 4.90 Å². The number of carboxylic acid groups (broad SMARTS) is 1.